The van der Waals surface area contributed by atoms with Crippen molar-refractivity contribution >= 4 is 39.1 Å². The van der Waals surface area contributed by atoms with Crippen molar-refractivity contribution in [3.8, 4) is 11.5 Å². The van der Waals surface area contributed by atoms with E-state index in [2.05, 4.69) is 26.3 Å². The van der Waals surface area contributed by atoms with Crippen molar-refractivity contribution in [1.82, 2.24) is 9.78 Å². The van der Waals surface area contributed by atoms with Gasteiger partial charge in [0.1, 0.15) is 18.1 Å². The first-order valence-electron chi connectivity index (χ1n) is 9.75. The number of hydrogen-bond acceptors (Lipinski definition) is 4. The molecule has 0 spiro atoms. The highest BCUT2D eigenvalue weighted by molar-refractivity contribution is 9.10. The molecule has 6 nitrogen and oxygen atoms in total. The maximum atomic E-state index is 12.7. The number of halogens is 2. The van der Waals surface area contributed by atoms with Crippen LogP contribution in [0.2, 0.25) is 5.02 Å². The molecule has 4 aromatic rings. The zero-order chi connectivity index (χ0) is 22.3. The minimum Gasteiger partial charge on any atom is -0.488 e. The van der Waals surface area contributed by atoms with Crippen LogP contribution in [0.15, 0.2) is 89.7 Å². The summed E-state index contributed by atoms with van der Waals surface area (Å²) in [5.74, 6) is 1.15. The van der Waals surface area contributed by atoms with E-state index in [0.29, 0.717) is 28.6 Å². The van der Waals surface area contributed by atoms with E-state index >= 15 is 0 Å². The Kier molecular flexibility index (Phi) is 7.09. The van der Waals surface area contributed by atoms with Crippen LogP contribution >= 0.6 is 27.5 Å². The summed E-state index contributed by atoms with van der Waals surface area (Å²) in [6.07, 6.45) is 3.27. The molecule has 0 fully saturated rings. The van der Waals surface area contributed by atoms with Crippen LogP contribution in [0, 0.1) is 0 Å². The minimum atomic E-state index is -0.233. The number of rotatable bonds is 8. The fourth-order valence-electron chi connectivity index (χ4n) is 2.92. The highest BCUT2D eigenvalue weighted by Crippen LogP contribution is 2.25. The van der Waals surface area contributed by atoms with Gasteiger partial charge in [0.25, 0.3) is 5.91 Å². The highest BCUT2D eigenvalue weighted by atomic mass is 79.9. The average molecular weight is 513 g/mol. The molecule has 0 radical (unpaired) electrons. The largest absolute Gasteiger partial charge is 0.488 e. The maximum absolute atomic E-state index is 12.7. The minimum absolute atomic E-state index is 0.193. The Balaban J connectivity index is 1.34. The van der Waals surface area contributed by atoms with Crippen LogP contribution in [0.5, 0.6) is 11.5 Å². The van der Waals surface area contributed by atoms with E-state index in [1.54, 1.807) is 41.3 Å². The molecule has 1 N–H and O–H groups in total. The summed E-state index contributed by atoms with van der Waals surface area (Å²) in [5.41, 5.74) is 1.99. The number of nitrogens with one attached hydrogen (secondary N) is 1. The van der Waals surface area contributed by atoms with Crippen molar-refractivity contribution in [3.63, 3.8) is 0 Å². The lowest BCUT2D eigenvalue weighted by molar-refractivity contribution is 0.102. The first kappa shape index (κ1) is 21.9. The molecule has 1 amide bonds. The van der Waals surface area contributed by atoms with E-state index in [1.807, 2.05) is 48.5 Å². The smallest absolute Gasteiger partial charge is 0.255 e. The van der Waals surface area contributed by atoms with E-state index in [0.717, 1.165) is 15.8 Å². The molecule has 0 aliphatic carbocycles. The van der Waals surface area contributed by atoms with Crippen molar-refractivity contribution < 1.29 is 14.3 Å². The third-order valence-corrected chi connectivity index (χ3v) is 5.36. The van der Waals surface area contributed by atoms with Gasteiger partial charge >= 0.3 is 0 Å². The van der Waals surface area contributed by atoms with Crippen LogP contribution in [-0.2, 0) is 13.3 Å². The van der Waals surface area contributed by atoms with Crippen LogP contribution in [0.4, 0.5) is 5.69 Å². The molecule has 0 unspecified atom stereocenters. The Morgan fingerprint density at radius 3 is 2.72 bits per heavy atom. The van der Waals surface area contributed by atoms with E-state index in [9.17, 15) is 4.79 Å². The standard InChI is InChI=1S/C24H19BrClN3O3/c25-22-9-1-2-10-23(22)31-15-17-5-3-6-18(11-17)24(30)28-20-13-27-29(14-20)16-32-21-8-4-7-19(26)12-21/h1-14H,15-16H2,(H,28,30). The van der Waals surface area contributed by atoms with Crippen LogP contribution in [0.1, 0.15) is 15.9 Å². The Morgan fingerprint density at radius 2 is 1.88 bits per heavy atom. The van der Waals surface area contributed by atoms with Gasteiger partial charge in [0.2, 0.25) is 0 Å². The molecule has 0 bridgehead atoms. The van der Waals surface area contributed by atoms with Crippen molar-refractivity contribution in [2.24, 2.45) is 0 Å². The molecule has 0 saturated heterocycles. The number of nitrogens with zero attached hydrogens (tertiary/aromatic N) is 2. The van der Waals surface area contributed by atoms with Crippen molar-refractivity contribution in [3.05, 3.63) is 106 Å². The predicted molar refractivity (Wildman–Crippen MR) is 127 cm³/mol. The summed E-state index contributed by atoms with van der Waals surface area (Å²) in [6.45, 7) is 0.542. The fraction of sp³-hybridized carbons (Fsp3) is 0.0833. The van der Waals surface area contributed by atoms with Gasteiger partial charge in [-0.25, -0.2) is 4.68 Å². The van der Waals surface area contributed by atoms with Crippen LogP contribution < -0.4 is 14.8 Å². The molecular formula is C24H19BrClN3O3. The molecule has 32 heavy (non-hydrogen) atoms. The van der Waals surface area contributed by atoms with E-state index in [-0.39, 0.29) is 12.6 Å². The number of ether oxygens (including phenoxy) is 2. The highest BCUT2D eigenvalue weighted by Gasteiger charge is 2.09. The second kappa shape index (κ2) is 10.3. The molecular weight excluding hydrogens is 494 g/mol. The summed E-state index contributed by atoms with van der Waals surface area (Å²) in [5, 5.41) is 7.65. The molecule has 1 aromatic heterocycles. The Bertz CT molecular complexity index is 1230. The summed E-state index contributed by atoms with van der Waals surface area (Å²) < 4.78 is 13.9. The molecule has 1 heterocycles. The summed E-state index contributed by atoms with van der Waals surface area (Å²) in [7, 11) is 0. The first-order chi connectivity index (χ1) is 15.6. The van der Waals surface area contributed by atoms with Gasteiger partial charge < -0.3 is 14.8 Å². The van der Waals surface area contributed by atoms with Gasteiger partial charge in [-0.3, -0.25) is 4.79 Å². The normalized spacial score (nSPS) is 10.6. The number of hydrogen-bond donors (Lipinski definition) is 1. The third kappa shape index (κ3) is 5.90. The summed E-state index contributed by atoms with van der Waals surface area (Å²) in [4.78, 5) is 12.7. The van der Waals surface area contributed by atoms with Crippen molar-refractivity contribution in [2.75, 3.05) is 5.32 Å². The van der Waals surface area contributed by atoms with E-state index in [4.69, 9.17) is 21.1 Å². The lowest BCUT2D eigenvalue weighted by Gasteiger charge is -2.09. The molecule has 0 saturated carbocycles. The average Bonchev–Trinajstić information content (AvgIpc) is 3.25. The number of carbonyl (C=O) groups is 1. The summed E-state index contributed by atoms with van der Waals surface area (Å²) >= 11 is 9.42. The topological polar surface area (TPSA) is 65.4 Å². The zero-order valence-electron chi connectivity index (χ0n) is 16.9. The third-order valence-electron chi connectivity index (χ3n) is 4.47. The molecule has 0 atom stereocenters. The quantitative estimate of drug-likeness (QED) is 0.307. The Labute approximate surface area is 198 Å². The SMILES string of the molecule is O=C(Nc1cnn(COc2cccc(Cl)c2)c1)c1cccc(COc2ccccc2Br)c1. The first-order valence-corrected chi connectivity index (χ1v) is 10.9. The number of aromatic nitrogens is 2. The molecule has 4 rings (SSSR count). The number of amides is 1. The second-order valence-corrected chi connectivity index (χ2v) is 8.16. The van der Waals surface area contributed by atoms with Crippen molar-refractivity contribution in [2.45, 2.75) is 13.3 Å². The van der Waals surface area contributed by atoms with E-state index in [1.165, 1.54) is 0 Å². The van der Waals surface area contributed by atoms with Gasteiger partial charge in [-0.1, -0.05) is 41.9 Å². The lowest BCUT2D eigenvalue weighted by atomic mass is 10.1. The van der Waals surface area contributed by atoms with Gasteiger partial charge in [-0.05, 0) is 64.0 Å². The van der Waals surface area contributed by atoms with E-state index < -0.39 is 0 Å². The van der Waals surface area contributed by atoms with Crippen LogP contribution in [0.3, 0.4) is 0 Å². The summed E-state index contributed by atoms with van der Waals surface area (Å²) in [6, 6.07) is 22.1. The van der Waals surface area contributed by atoms with Crippen molar-refractivity contribution in [1.29, 1.82) is 0 Å². The number of carbonyl (C=O) groups excluding carboxylic acids is 1. The van der Waals surface area contributed by atoms with Gasteiger partial charge in [0.05, 0.1) is 22.6 Å². The zero-order valence-corrected chi connectivity index (χ0v) is 19.2. The van der Waals surface area contributed by atoms with Crippen LogP contribution in [-0.4, -0.2) is 15.7 Å². The fourth-order valence-corrected chi connectivity index (χ4v) is 3.50. The monoisotopic (exact) mass is 511 g/mol. The molecule has 8 heteroatoms. The molecule has 0 aliphatic heterocycles. The van der Waals surface area contributed by atoms with Crippen LogP contribution in [0.25, 0.3) is 0 Å². The van der Waals surface area contributed by atoms with Gasteiger partial charge in [-0.15, -0.1) is 0 Å². The molecule has 162 valence electrons. The van der Waals surface area contributed by atoms with Gasteiger partial charge in [0, 0.05) is 10.6 Å². The number of para-hydroxylation sites is 1. The number of benzene rings is 3. The Hall–Kier alpha value is -3.29. The lowest BCUT2D eigenvalue weighted by Crippen LogP contribution is -2.12. The predicted octanol–water partition coefficient (Wildman–Crippen LogP) is 6.17. The second-order valence-electron chi connectivity index (χ2n) is 6.87. The maximum Gasteiger partial charge on any atom is 0.255 e. The molecule has 3 aromatic carbocycles. The number of anilines is 1. The molecule has 0 aliphatic rings. The Morgan fingerprint density at radius 1 is 1.03 bits per heavy atom. The van der Waals surface area contributed by atoms with Gasteiger partial charge in [0.15, 0.2) is 6.73 Å². The van der Waals surface area contributed by atoms with Gasteiger partial charge in [-0.2, -0.15) is 5.10 Å².